The van der Waals surface area contributed by atoms with Crippen molar-refractivity contribution in [2.24, 2.45) is 0 Å². The number of hydrogen-bond donors (Lipinski definition) is 1. The van der Waals surface area contributed by atoms with Crippen molar-refractivity contribution in [1.29, 1.82) is 0 Å². The lowest BCUT2D eigenvalue weighted by Gasteiger charge is -2.25. The standard InChI is InChI=1S/C24H31N3O4/c1-5-30-21-12-11-19(14-22(21)31-6-2)25-23(28)15-26(4)16-24(29)27-17(3)13-18-9-7-8-10-20(18)27/h7-12,14,17H,5-6,13,15-16H2,1-4H3,(H,25,28)/t17-/m1/s1. The molecule has 1 atom stereocenters. The Labute approximate surface area is 183 Å². The minimum atomic E-state index is -0.197. The molecule has 3 rings (SSSR count). The number of para-hydroxylation sites is 1. The number of carbonyl (C=O) groups excluding carboxylic acids is 2. The predicted molar refractivity (Wildman–Crippen MR) is 122 cm³/mol. The van der Waals surface area contributed by atoms with Crippen LogP contribution in [-0.4, -0.2) is 56.1 Å². The van der Waals surface area contributed by atoms with E-state index < -0.39 is 0 Å². The second-order valence-electron chi connectivity index (χ2n) is 7.69. The first-order chi connectivity index (χ1) is 14.9. The molecule has 0 radical (unpaired) electrons. The van der Waals surface area contributed by atoms with Crippen LogP contribution in [0.4, 0.5) is 11.4 Å². The second kappa shape index (κ2) is 10.3. The van der Waals surface area contributed by atoms with E-state index >= 15 is 0 Å². The molecule has 1 heterocycles. The summed E-state index contributed by atoms with van der Waals surface area (Å²) in [6.45, 7) is 7.15. The van der Waals surface area contributed by atoms with Crippen molar-refractivity contribution >= 4 is 23.2 Å². The maximum atomic E-state index is 12.9. The number of rotatable bonds is 9. The van der Waals surface area contributed by atoms with E-state index in [2.05, 4.69) is 11.4 Å². The van der Waals surface area contributed by atoms with Gasteiger partial charge in [0, 0.05) is 23.5 Å². The quantitative estimate of drug-likeness (QED) is 0.667. The van der Waals surface area contributed by atoms with Gasteiger partial charge in [0.1, 0.15) is 0 Å². The number of anilines is 2. The summed E-state index contributed by atoms with van der Waals surface area (Å²) in [7, 11) is 1.77. The fourth-order valence-corrected chi connectivity index (χ4v) is 3.88. The van der Waals surface area contributed by atoms with Gasteiger partial charge in [-0.3, -0.25) is 14.5 Å². The van der Waals surface area contributed by atoms with E-state index in [9.17, 15) is 9.59 Å². The van der Waals surface area contributed by atoms with Crippen molar-refractivity contribution in [2.75, 3.05) is 43.6 Å². The monoisotopic (exact) mass is 425 g/mol. The number of ether oxygens (including phenoxy) is 2. The maximum absolute atomic E-state index is 12.9. The molecule has 31 heavy (non-hydrogen) atoms. The number of nitrogens with zero attached hydrogens (tertiary/aromatic N) is 2. The van der Waals surface area contributed by atoms with E-state index in [4.69, 9.17) is 9.47 Å². The summed E-state index contributed by atoms with van der Waals surface area (Å²) in [5.74, 6) is 1.03. The molecule has 0 unspecified atom stereocenters. The minimum absolute atomic E-state index is 0.00699. The molecule has 0 saturated carbocycles. The molecule has 0 spiro atoms. The van der Waals surface area contributed by atoms with Crippen LogP contribution in [0, 0.1) is 0 Å². The maximum Gasteiger partial charge on any atom is 0.241 e. The molecule has 7 nitrogen and oxygen atoms in total. The average Bonchev–Trinajstić information content (AvgIpc) is 3.05. The Hall–Kier alpha value is -3.06. The van der Waals surface area contributed by atoms with E-state index in [1.807, 2.05) is 43.9 Å². The Kier molecular flexibility index (Phi) is 7.52. The van der Waals surface area contributed by atoms with Gasteiger partial charge in [-0.25, -0.2) is 0 Å². The highest BCUT2D eigenvalue weighted by atomic mass is 16.5. The van der Waals surface area contributed by atoms with Gasteiger partial charge >= 0.3 is 0 Å². The molecule has 7 heteroatoms. The molecule has 0 aromatic heterocycles. The van der Waals surface area contributed by atoms with Crippen LogP contribution in [-0.2, 0) is 16.0 Å². The van der Waals surface area contributed by atoms with Gasteiger partial charge in [0.2, 0.25) is 11.8 Å². The van der Waals surface area contributed by atoms with Gasteiger partial charge in [-0.1, -0.05) is 18.2 Å². The minimum Gasteiger partial charge on any atom is -0.490 e. The SMILES string of the molecule is CCOc1ccc(NC(=O)CN(C)CC(=O)N2c3ccccc3C[C@H]2C)cc1OCC. The molecular weight excluding hydrogens is 394 g/mol. The number of hydrogen-bond acceptors (Lipinski definition) is 5. The Bertz CT molecular complexity index is 931. The van der Waals surface area contributed by atoms with Crippen molar-refractivity contribution in [3.05, 3.63) is 48.0 Å². The number of carbonyl (C=O) groups is 2. The molecule has 2 aromatic carbocycles. The van der Waals surface area contributed by atoms with Crippen molar-refractivity contribution in [3.63, 3.8) is 0 Å². The molecule has 0 aliphatic carbocycles. The van der Waals surface area contributed by atoms with E-state index in [0.717, 1.165) is 12.1 Å². The molecule has 0 saturated heterocycles. The van der Waals surface area contributed by atoms with Crippen LogP contribution in [0.5, 0.6) is 11.5 Å². The number of likely N-dealkylation sites (N-methyl/N-ethyl adjacent to an activating group) is 1. The third-order valence-electron chi connectivity index (χ3n) is 5.12. The van der Waals surface area contributed by atoms with Crippen LogP contribution < -0.4 is 19.7 Å². The third-order valence-corrected chi connectivity index (χ3v) is 5.12. The Balaban J connectivity index is 1.57. The van der Waals surface area contributed by atoms with Gasteiger partial charge in [-0.05, 0) is 58.0 Å². The lowest BCUT2D eigenvalue weighted by molar-refractivity contribution is -0.121. The van der Waals surface area contributed by atoms with Gasteiger partial charge in [0.15, 0.2) is 11.5 Å². The van der Waals surface area contributed by atoms with Crippen LogP contribution in [0.1, 0.15) is 26.3 Å². The van der Waals surface area contributed by atoms with E-state index in [0.29, 0.717) is 30.4 Å². The third kappa shape index (κ3) is 5.55. The fraction of sp³-hybridized carbons (Fsp3) is 0.417. The normalized spacial score (nSPS) is 15.0. The Morgan fingerprint density at radius 2 is 1.77 bits per heavy atom. The fourth-order valence-electron chi connectivity index (χ4n) is 3.88. The first kappa shape index (κ1) is 22.6. The van der Waals surface area contributed by atoms with Gasteiger partial charge in [-0.2, -0.15) is 0 Å². The lowest BCUT2D eigenvalue weighted by Crippen LogP contribution is -2.43. The smallest absolute Gasteiger partial charge is 0.241 e. The van der Waals surface area contributed by atoms with Crippen molar-refractivity contribution in [3.8, 4) is 11.5 Å². The van der Waals surface area contributed by atoms with Crippen molar-refractivity contribution in [2.45, 2.75) is 33.2 Å². The average molecular weight is 426 g/mol. The van der Waals surface area contributed by atoms with E-state index in [1.54, 1.807) is 30.1 Å². The van der Waals surface area contributed by atoms with Crippen LogP contribution in [0.25, 0.3) is 0 Å². The van der Waals surface area contributed by atoms with Crippen LogP contribution in [0.3, 0.4) is 0 Å². The molecule has 1 N–H and O–H groups in total. The van der Waals surface area contributed by atoms with Crippen molar-refractivity contribution in [1.82, 2.24) is 4.90 Å². The van der Waals surface area contributed by atoms with Crippen LogP contribution >= 0.6 is 0 Å². The van der Waals surface area contributed by atoms with Gasteiger partial charge in [-0.15, -0.1) is 0 Å². The summed E-state index contributed by atoms with van der Waals surface area (Å²) in [6, 6.07) is 13.4. The van der Waals surface area contributed by atoms with Crippen LogP contribution in [0.15, 0.2) is 42.5 Å². The number of fused-ring (bicyclic) bond motifs is 1. The van der Waals surface area contributed by atoms with Crippen LogP contribution in [0.2, 0.25) is 0 Å². The summed E-state index contributed by atoms with van der Waals surface area (Å²) in [4.78, 5) is 29.0. The summed E-state index contributed by atoms with van der Waals surface area (Å²) < 4.78 is 11.2. The highest BCUT2D eigenvalue weighted by molar-refractivity contribution is 5.98. The lowest BCUT2D eigenvalue weighted by atomic mass is 10.1. The second-order valence-corrected chi connectivity index (χ2v) is 7.69. The molecule has 2 amide bonds. The number of amides is 2. The first-order valence-electron chi connectivity index (χ1n) is 10.7. The number of nitrogens with one attached hydrogen (secondary N) is 1. The molecular formula is C24H31N3O4. The molecule has 2 aromatic rings. The Morgan fingerprint density at radius 3 is 2.52 bits per heavy atom. The Morgan fingerprint density at radius 1 is 1.06 bits per heavy atom. The summed E-state index contributed by atoms with van der Waals surface area (Å²) in [5.41, 5.74) is 2.78. The van der Waals surface area contributed by atoms with E-state index in [1.165, 1.54) is 5.56 Å². The highest BCUT2D eigenvalue weighted by Gasteiger charge is 2.30. The van der Waals surface area contributed by atoms with Gasteiger partial charge in [0.25, 0.3) is 0 Å². The predicted octanol–water partition coefficient (Wildman–Crippen LogP) is 3.33. The number of benzene rings is 2. The molecule has 0 fully saturated rings. The summed E-state index contributed by atoms with van der Waals surface area (Å²) >= 11 is 0. The zero-order chi connectivity index (χ0) is 22.4. The van der Waals surface area contributed by atoms with E-state index in [-0.39, 0.29) is 30.9 Å². The zero-order valence-electron chi connectivity index (χ0n) is 18.7. The molecule has 1 aliphatic rings. The molecule has 0 bridgehead atoms. The van der Waals surface area contributed by atoms with Gasteiger partial charge < -0.3 is 19.7 Å². The first-order valence-corrected chi connectivity index (χ1v) is 10.7. The summed E-state index contributed by atoms with van der Waals surface area (Å²) in [6.07, 6.45) is 0.853. The van der Waals surface area contributed by atoms with Crippen molar-refractivity contribution < 1.29 is 19.1 Å². The summed E-state index contributed by atoms with van der Waals surface area (Å²) in [5, 5.41) is 2.87. The zero-order valence-corrected chi connectivity index (χ0v) is 18.7. The highest BCUT2D eigenvalue weighted by Crippen LogP contribution is 2.32. The largest absolute Gasteiger partial charge is 0.490 e. The van der Waals surface area contributed by atoms with Gasteiger partial charge in [0.05, 0.1) is 26.3 Å². The topological polar surface area (TPSA) is 71.1 Å². The molecule has 1 aliphatic heterocycles. The molecule has 166 valence electrons.